The van der Waals surface area contributed by atoms with E-state index in [1.165, 1.54) is 3.57 Å². The van der Waals surface area contributed by atoms with Gasteiger partial charge in [-0.1, -0.05) is 24.3 Å². The molecule has 3 heteroatoms. The predicted molar refractivity (Wildman–Crippen MR) is 104 cm³/mol. The Morgan fingerprint density at radius 2 is 1.39 bits per heavy atom. The zero-order valence-corrected chi connectivity index (χ0v) is 15.5. The molecule has 0 bridgehead atoms. The summed E-state index contributed by atoms with van der Waals surface area (Å²) in [4.78, 5) is 12.6. The van der Waals surface area contributed by atoms with E-state index in [9.17, 15) is 4.79 Å². The van der Waals surface area contributed by atoms with Gasteiger partial charge in [0.25, 0.3) is 0 Å². The molecule has 1 amide bonds. The summed E-state index contributed by atoms with van der Waals surface area (Å²) >= 11 is 2.28. The molecule has 3 rings (SSSR count). The van der Waals surface area contributed by atoms with E-state index in [1.807, 2.05) is 24.3 Å². The second-order valence-electron chi connectivity index (χ2n) is 6.52. The van der Waals surface area contributed by atoms with Gasteiger partial charge in [0.2, 0.25) is 5.91 Å². The van der Waals surface area contributed by atoms with Gasteiger partial charge in [0.05, 0.1) is 0 Å². The predicted octanol–water partition coefficient (Wildman–Crippen LogP) is 5.56. The lowest BCUT2D eigenvalue weighted by molar-refractivity contribution is -0.117. The molecule has 2 aliphatic carbocycles. The fourth-order valence-electron chi connectivity index (χ4n) is 3.62. The molecule has 1 aromatic carbocycles. The van der Waals surface area contributed by atoms with E-state index >= 15 is 0 Å². The van der Waals surface area contributed by atoms with Gasteiger partial charge < -0.3 is 5.32 Å². The maximum absolute atomic E-state index is 12.6. The number of rotatable bonds is 2. The van der Waals surface area contributed by atoms with Gasteiger partial charge in [0.1, 0.15) is 0 Å². The third-order valence-corrected chi connectivity index (χ3v) is 5.63. The van der Waals surface area contributed by atoms with E-state index < -0.39 is 0 Å². The number of anilines is 1. The van der Waals surface area contributed by atoms with Crippen molar-refractivity contribution in [3.63, 3.8) is 0 Å². The molecule has 0 unspecified atom stereocenters. The molecule has 0 aliphatic heterocycles. The highest BCUT2D eigenvalue weighted by atomic mass is 127. The summed E-state index contributed by atoms with van der Waals surface area (Å²) < 4.78 is 1.19. The number of hydrogen-bond acceptors (Lipinski definition) is 1. The van der Waals surface area contributed by atoms with Crippen LogP contribution in [0.2, 0.25) is 0 Å². The summed E-state index contributed by atoms with van der Waals surface area (Å²) in [6.45, 7) is 0. The number of nitrogens with one attached hydrogen (secondary N) is 1. The molecule has 0 heterocycles. The van der Waals surface area contributed by atoms with Crippen LogP contribution in [-0.4, -0.2) is 5.91 Å². The van der Waals surface area contributed by atoms with Crippen LogP contribution in [0, 0.1) is 21.3 Å². The highest BCUT2D eigenvalue weighted by Crippen LogP contribution is 2.52. The minimum absolute atomic E-state index is 0.205. The number of fused-ring (bicyclic) bond motifs is 1. The van der Waals surface area contributed by atoms with Crippen molar-refractivity contribution in [2.75, 3.05) is 5.32 Å². The van der Waals surface area contributed by atoms with Crippen molar-refractivity contribution in [1.82, 2.24) is 0 Å². The molecule has 122 valence electrons. The van der Waals surface area contributed by atoms with Crippen molar-refractivity contribution < 1.29 is 4.79 Å². The topological polar surface area (TPSA) is 29.1 Å². The van der Waals surface area contributed by atoms with E-state index in [1.54, 1.807) is 0 Å². The Hall–Kier alpha value is -1.10. The first-order valence-electron chi connectivity index (χ1n) is 8.62. The molecule has 0 aromatic heterocycles. The highest BCUT2D eigenvalue weighted by molar-refractivity contribution is 14.1. The Bertz CT molecular complexity index is 566. The van der Waals surface area contributed by atoms with E-state index in [2.05, 4.69) is 52.2 Å². The molecule has 0 radical (unpaired) electrons. The highest BCUT2D eigenvalue weighted by Gasteiger charge is 2.52. The van der Waals surface area contributed by atoms with Gasteiger partial charge in [-0.2, -0.15) is 0 Å². The largest absolute Gasteiger partial charge is 0.326 e. The van der Waals surface area contributed by atoms with Crippen LogP contribution in [0.1, 0.15) is 38.5 Å². The molecule has 1 saturated carbocycles. The third-order valence-electron chi connectivity index (χ3n) is 4.91. The summed E-state index contributed by atoms with van der Waals surface area (Å²) in [5.41, 5.74) is 0.914. The summed E-state index contributed by atoms with van der Waals surface area (Å²) in [6.07, 6.45) is 15.9. The summed E-state index contributed by atoms with van der Waals surface area (Å²) in [6, 6.07) is 8.03. The number of amides is 1. The van der Waals surface area contributed by atoms with Crippen molar-refractivity contribution in [3.8, 4) is 0 Å². The van der Waals surface area contributed by atoms with Crippen molar-refractivity contribution >= 4 is 34.2 Å². The average Bonchev–Trinajstić information content (AvgIpc) is 3.22. The van der Waals surface area contributed by atoms with Gasteiger partial charge in [-0.3, -0.25) is 4.79 Å². The van der Waals surface area contributed by atoms with Gasteiger partial charge in [-0.25, -0.2) is 0 Å². The van der Waals surface area contributed by atoms with Crippen LogP contribution < -0.4 is 5.32 Å². The lowest BCUT2D eigenvalue weighted by Gasteiger charge is -2.05. The smallest absolute Gasteiger partial charge is 0.228 e. The summed E-state index contributed by atoms with van der Waals surface area (Å²) in [7, 11) is 0. The molecule has 0 saturated heterocycles. The maximum Gasteiger partial charge on any atom is 0.228 e. The Labute approximate surface area is 152 Å². The van der Waals surface area contributed by atoms with Gasteiger partial charge in [0.15, 0.2) is 0 Å². The molecule has 1 N–H and O–H groups in total. The normalized spacial score (nSPS) is 30.2. The third kappa shape index (κ3) is 4.69. The fraction of sp³-hybridized carbons (Fsp3) is 0.450. The van der Waals surface area contributed by atoms with Crippen LogP contribution >= 0.6 is 22.6 Å². The molecule has 2 aliphatic rings. The number of carbonyl (C=O) groups excluding carboxylic acids is 1. The van der Waals surface area contributed by atoms with E-state index in [-0.39, 0.29) is 11.8 Å². The molecular weight excluding hydrogens is 397 g/mol. The van der Waals surface area contributed by atoms with E-state index in [4.69, 9.17) is 0 Å². The van der Waals surface area contributed by atoms with E-state index in [0.717, 1.165) is 44.2 Å². The molecule has 0 spiro atoms. The molecular formula is C20H24INO. The van der Waals surface area contributed by atoms with Crippen LogP contribution in [0.15, 0.2) is 48.6 Å². The Kier molecular flexibility index (Phi) is 5.92. The van der Waals surface area contributed by atoms with Crippen LogP contribution in [-0.2, 0) is 4.79 Å². The monoisotopic (exact) mass is 421 g/mol. The van der Waals surface area contributed by atoms with Crippen molar-refractivity contribution in [1.29, 1.82) is 0 Å². The van der Waals surface area contributed by atoms with Gasteiger partial charge >= 0.3 is 0 Å². The first-order chi connectivity index (χ1) is 11.3. The van der Waals surface area contributed by atoms with Gasteiger partial charge in [-0.05, 0) is 97.2 Å². The quantitative estimate of drug-likeness (QED) is 0.492. The van der Waals surface area contributed by atoms with Crippen LogP contribution in [0.4, 0.5) is 5.69 Å². The maximum atomic E-state index is 12.6. The molecule has 1 fully saturated rings. The lowest BCUT2D eigenvalue weighted by Crippen LogP contribution is -2.15. The molecule has 2 atom stereocenters. The number of benzene rings is 1. The zero-order valence-electron chi connectivity index (χ0n) is 13.4. The van der Waals surface area contributed by atoms with Crippen LogP contribution in [0.25, 0.3) is 0 Å². The number of allylic oxidation sites excluding steroid dienone is 4. The Morgan fingerprint density at radius 1 is 0.870 bits per heavy atom. The lowest BCUT2D eigenvalue weighted by atomic mass is 10.1. The number of halogens is 1. The Balaban J connectivity index is 1.60. The molecule has 1 aromatic rings. The van der Waals surface area contributed by atoms with Gasteiger partial charge in [-0.15, -0.1) is 0 Å². The fourth-order valence-corrected chi connectivity index (χ4v) is 3.98. The summed E-state index contributed by atoms with van der Waals surface area (Å²) in [5.74, 6) is 1.55. The first-order valence-corrected chi connectivity index (χ1v) is 9.70. The summed E-state index contributed by atoms with van der Waals surface area (Å²) in [5, 5.41) is 3.11. The minimum Gasteiger partial charge on any atom is -0.326 e. The van der Waals surface area contributed by atoms with Crippen LogP contribution in [0.3, 0.4) is 0 Å². The zero-order chi connectivity index (χ0) is 16.1. The second kappa shape index (κ2) is 8.13. The molecule has 23 heavy (non-hydrogen) atoms. The first kappa shape index (κ1) is 16.7. The van der Waals surface area contributed by atoms with Crippen molar-refractivity contribution in [3.05, 3.63) is 52.1 Å². The number of carbonyl (C=O) groups is 1. The second-order valence-corrected chi connectivity index (χ2v) is 7.77. The SMILES string of the molecule is O=C(Nc1ccc(I)cc1)C1[C@@H]2CC/C=C\CC/C=C\CC[C@@H]12. The average molecular weight is 421 g/mol. The van der Waals surface area contributed by atoms with Crippen LogP contribution in [0.5, 0.6) is 0 Å². The van der Waals surface area contributed by atoms with Gasteiger partial charge in [0, 0.05) is 15.2 Å². The molecule has 2 nitrogen and oxygen atoms in total. The van der Waals surface area contributed by atoms with Crippen molar-refractivity contribution in [2.24, 2.45) is 17.8 Å². The van der Waals surface area contributed by atoms with Crippen molar-refractivity contribution in [2.45, 2.75) is 38.5 Å². The minimum atomic E-state index is 0.205. The standard InChI is InChI=1S/C20H24INO/c21-15-11-13-16(14-12-15)22-20(23)19-17-9-7-5-3-1-2-4-6-8-10-18(17)19/h3-6,11-14,17-19H,1-2,7-10H2,(H,22,23)/b5-3-,6-4-/t17-,18-/m1/s1. The number of hydrogen-bond donors (Lipinski definition) is 1. The Morgan fingerprint density at radius 3 is 1.96 bits per heavy atom. The van der Waals surface area contributed by atoms with E-state index in [0.29, 0.717) is 11.8 Å².